The third-order valence-electron chi connectivity index (χ3n) is 2.80. The Hall–Kier alpha value is -2.11. The van der Waals surface area contributed by atoms with Gasteiger partial charge in [0.25, 0.3) is 0 Å². The van der Waals surface area contributed by atoms with Crippen LogP contribution in [0, 0.1) is 0 Å². The minimum absolute atomic E-state index is 0.401. The number of aromatic nitrogens is 4. The van der Waals surface area contributed by atoms with Gasteiger partial charge in [0.2, 0.25) is 0 Å². The molecule has 1 heterocycles. The van der Waals surface area contributed by atoms with Gasteiger partial charge in [-0.1, -0.05) is 29.3 Å². The highest BCUT2D eigenvalue weighted by Gasteiger charge is 2.14. The fraction of sp³-hybridized carbons (Fsp3) is 0. The van der Waals surface area contributed by atoms with Gasteiger partial charge >= 0.3 is 0 Å². The summed E-state index contributed by atoms with van der Waals surface area (Å²) in [5.74, 6) is 0.564. The molecule has 20 heavy (non-hydrogen) atoms. The van der Waals surface area contributed by atoms with Crippen molar-refractivity contribution >= 4 is 28.9 Å². The summed E-state index contributed by atoms with van der Waals surface area (Å²) in [7, 11) is 0. The summed E-state index contributed by atoms with van der Waals surface area (Å²) in [6.07, 6.45) is 0. The van der Waals surface area contributed by atoms with Gasteiger partial charge in [-0.05, 0) is 46.8 Å². The molecule has 5 nitrogen and oxygen atoms in total. The van der Waals surface area contributed by atoms with Gasteiger partial charge < -0.3 is 5.73 Å². The maximum atomic E-state index is 6.20. The second-order valence-corrected chi connectivity index (χ2v) is 4.89. The Labute approximate surface area is 124 Å². The topological polar surface area (TPSA) is 69.6 Å². The Bertz CT molecular complexity index is 752. The van der Waals surface area contributed by atoms with E-state index in [4.69, 9.17) is 28.9 Å². The molecule has 2 aromatic carbocycles. The van der Waals surface area contributed by atoms with Crippen LogP contribution in [-0.4, -0.2) is 20.2 Å². The second kappa shape index (κ2) is 5.11. The molecule has 0 saturated carbocycles. The van der Waals surface area contributed by atoms with Crippen molar-refractivity contribution in [3.63, 3.8) is 0 Å². The van der Waals surface area contributed by atoms with E-state index in [-0.39, 0.29) is 0 Å². The number of hydrogen-bond donors (Lipinski definition) is 1. The number of nitrogens with zero attached hydrogens (tertiary/aromatic N) is 4. The Kier molecular flexibility index (Phi) is 3.30. The molecule has 2 N–H and O–H groups in total. The second-order valence-electron chi connectivity index (χ2n) is 4.11. The maximum Gasteiger partial charge on any atom is 0.187 e. The predicted octanol–water partition coefficient (Wildman–Crippen LogP) is 3.22. The number of anilines is 1. The van der Waals surface area contributed by atoms with E-state index in [0.717, 1.165) is 5.56 Å². The summed E-state index contributed by atoms with van der Waals surface area (Å²) in [6, 6.07) is 12.6. The summed E-state index contributed by atoms with van der Waals surface area (Å²) < 4.78 is 1.54. The fourth-order valence-electron chi connectivity index (χ4n) is 1.82. The number of tetrazole rings is 1. The van der Waals surface area contributed by atoms with Crippen LogP contribution in [0.3, 0.4) is 0 Å². The van der Waals surface area contributed by atoms with Gasteiger partial charge in [-0.2, -0.15) is 4.68 Å². The number of benzene rings is 2. The molecule has 0 unspecified atom stereocenters. The van der Waals surface area contributed by atoms with Gasteiger partial charge in [0.15, 0.2) is 5.82 Å². The van der Waals surface area contributed by atoms with Crippen molar-refractivity contribution in [2.75, 3.05) is 5.73 Å². The van der Waals surface area contributed by atoms with E-state index in [1.54, 1.807) is 35.0 Å². The minimum Gasteiger partial charge on any atom is -0.399 e. The molecule has 0 atom stereocenters. The third kappa shape index (κ3) is 2.21. The molecule has 7 heteroatoms. The van der Waals surface area contributed by atoms with Crippen molar-refractivity contribution in [2.24, 2.45) is 0 Å². The van der Waals surface area contributed by atoms with Gasteiger partial charge in [-0.15, -0.1) is 5.10 Å². The van der Waals surface area contributed by atoms with Crippen LogP contribution < -0.4 is 5.73 Å². The normalized spacial score (nSPS) is 10.7. The first-order valence-corrected chi connectivity index (χ1v) is 6.51. The third-order valence-corrected chi connectivity index (χ3v) is 3.61. The average molecular weight is 306 g/mol. The van der Waals surface area contributed by atoms with Crippen LogP contribution >= 0.6 is 23.2 Å². The zero-order chi connectivity index (χ0) is 14.1. The first-order valence-electron chi connectivity index (χ1n) is 5.75. The van der Waals surface area contributed by atoms with E-state index in [9.17, 15) is 0 Å². The smallest absolute Gasteiger partial charge is 0.187 e. The average Bonchev–Trinajstić information content (AvgIpc) is 2.92. The monoisotopic (exact) mass is 305 g/mol. The van der Waals surface area contributed by atoms with Crippen LogP contribution in [0.2, 0.25) is 10.0 Å². The molecule has 100 valence electrons. The highest BCUT2D eigenvalue weighted by atomic mass is 35.5. The molecule has 0 bridgehead atoms. The highest BCUT2D eigenvalue weighted by molar-refractivity contribution is 6.43. The van der Waals surface area contributed by atoms with Crippen molar-refractivity contribution < 1.29 is 0 Å². The summed E-state index contributed by atoms with van der Waals surface area (Å²) >= 11 is 12.2. The first-order chi connectivity index (χ1) is 9.66. The fourth-order valence-corrected chi connectivity index (χ4v) is 2.19. The van der Waals surface area contributed by atoms with Crippen LogP contribution in [0.15, 0.2) is 42.5 Å². The van der Waals surface area contributed by atoms with Gasteiger partial charge in [0.05, 0.1) is 15.7 Å². The number of nitrogen functional groups attached to an aromatic ring is 1. The van der Waals surface area contributed by atoms with Crippen LogP contribution in [0.25, 0.3) is 17.1 Å². The molecule has 3 aromatic rings. The van der Waals surface area contributed by atoms with Crippen molar-refractivity contribution in [1.29, 1.82) is 0 Å². The van der Waals surface area contributed by atoms with E-state index < -0.39 is 0 Å². The molecule has 3 rings (SSSR count). The van der Waals surface area contributed by atoms with Crippen LogP contribution in [0.5, 0.6) is 0 Å². The maximum absolute atomic E-state index is 6.20. The summed E-state index contributed by atoms with van der Waals surface area (Å²) in [6.45, 7) is 0. The quantitative estimate of drug-likeness (QED) is 0.738. The van der Waals surface area contributed by atoms with Crippen molar-refractivity contribution in [3.05, 3.63) is 52.5 Å². The molecular formula is C13H9Cl2N5. The largest absolute Gasteiger partial charge is 0.399 e. The van der Waals surface area contributed by atoms with E-state index in [0.29, 0.717) is 27.2 Å². The van der Waals surface area contributed by atoms with E-state index in [1.807, 2.05) is 12.1 Å². The molecule has 0 aliphatic rings. The predicted molar refractivity (Wildman–Crippen MR) is 79.0 cm³/mol. The van der Waals surface area contributed by atoms with Crippen LogP contribution in [0.4, 0.5) is 5.69 Å². The van der Waals surface area contributed by atoms with E-state index in [2.05, 4.69) is 15.5 Å². The molecule has 0 radical (unpaired) electrons. The SMILES string of the molecule is Nc1ccc(-c2nnnn2-c2cccc(Cl)c2Cl)cc1. The van der Waals surface area contributed by atoms with Crippen LogP contribution in [0.1, 0.15) is 0 Å². The molecule has 0 saturated heterocycles. The Balaban J connectivity index is 2.15. The van der Waals surface area contributed by atoms with Crippen molar-refractivity contribution in [2.45, 2.75) is 0 Å². The molecule has 0 aliphatic carbocycles. The number of hydrogen-bond acceptors (Lipinski definition) is 4. The van der Waals surface area contributed by atoms with Gasteiger partial charge in [0, 0.05) is 11.3 Å². The Morgan fingerprint density at radius 2 is 1.75 bits per heavy atom. The Morgan fingerprint density at radius 3 is 2.50 bits per heavy atom. The summed E-state index contributed by atoms with van der Waals surface area (Å²) in [5.41, 5.74) is 7.81. The highest BCUT2D eigenvalue weighted by Crippen LogP contribution is 2.30. The molecule has 0 amide bonds. The zero-order valence-electron chi connectivity index (χ0n) is 10.2. The van der Waals surface area contributed by atoms with Gasteiger partial charge in [0.1, 0.15) is 0 Å². The zero-order valence-corrected chi connectivity index (χ0v) is 11.7. The lowest BCUT2D eigenvalue weighted by molar-refractivity contribution is 0.791. The lowest BCUT2D eigenvalue weighted by atomic mass is 10.2. The van der Waals surface area contributed by atoms with Crippen LogP contribution in [-0.2, 0) is 0 Å². The lowest BCUT2D eigenvalue weighted by Gasteiger charge is -2.07. The minimum atomic E-state index is 0.401. The summed E-state index contributed by atoms with van der Waals surface area (Å²) in [5, 5.41) is 12.5. The van der Waals surface area contributed by atoms with E-state index in [1.165, 1.54) is 0 Å². The first kappa shape index (κ1) is 12.9. The van der Waals surface area contributed by atoms with Crippen molar-refractivity contribution in [1.82, 2.24) is 20.2 Å². The number of rotatable bonds is 2. The van der Waals surface area contributed by atoms with Gasteiger partial charge in [-0.3, -0.25) is 0 Å². The lowest BCUT2D eigenvalue weighted by Crippen LogP contribution is -2.01. The molecule has 1 aromatic heterocycles. The Morgan fingerprint density at radius 1 is 1.00 bits per heavy atom. The van der Waals surface area contributed by atoms with Crippen molar-refractivity contribution in [3.8, 4) is 17.1 Å². The molecule has 0 aliphatic heterocycles. The molecular weight excluding hydrogens is 297 g/mol. The number of halogens is 2. The molecule has 0 fully saturated rings. The standard InChI is InChI=1S/C13H9Cl2N5/c14-10-2-1-3-11(12(10)15)20-13(17-18-19-20)8-4-6-9(16)7-5-8/h1-7H,16H2. The molecule has 0 spiro atoms. The summed E-state index contributed by atoms with van der Waals surface area (Å²) in [4.78, 5) is 0. The van der Waals surface area contributed by atoms with E-state index >= 15 is 0 Å². The number of nitrogens with two attached hydrogens (primary N) is 1. The van der Waals surface area contributed by atoms with Gasteiger partial charge in [-0.25, -0.2) is 0 Å².